The number of carboxylic acids is 1. The maximum absolute atomic E-state index is 11.8. The van der Waals surface area contributed by atoms with Gasteiger partial charge in [0.05, 0.1) is 0 Å². The van der Waals surface area contributed by atoms with E-state index in [0.717, 1.165) is 32.1 Å². The largest absolute Gasteiger partial charge is 0.480 e. The van der Waals surface area contributed by atoms with E-state index in [1.807, 2.05) is 13.8 Å². The van der Waals surface area contributed by atoms with Crippen molar-refractivity contribution in [1.82, 2.24) is 10.6 Å². The molecule has 0 heterocycles. The number of hydrogen-bond donors (Lipinski definition) is 3. The molecule has 0 aromatic heterocycles. The minimum absolute atomic E-state index is 0.0752. The predicted octanol–water partition coefficient (Wildman–Crippen LogP) is 2.37. The van der Waals surface area contributed by atoms with Crippen LogP contribution in [0.4, 0.5) is 4.79 Å². The summed E-state index contributed by atoms with van der Waals surface area (Å²) in [4.78, 5) is 22.9. The number of aliphatic carboxylic acids is 1. The van der Waals surface area contributed by atoms with Crippen LogP contribution < -0.4 is 10.6 Å². The third kappa shape index (κ3) is 4.73. The van der Waals surface area contributed by atoms with Gasteiger partial charge in [-0.05, 0) is 30.6 Å². The van der Waals surface area contributed by atoms with Crippen LogP contribution in [0.5, 0.6) is 0 Å². The topological polar surface area (TPSA) is 78.4 Å². The van der Waals surface area contributed by atoms with Gasteiger partial charge in [-0.25, -0.2) is 9.59 Å². The van der Waals surface area contributed by atoms with Gasteiger partial charge in [0.25, 0.3) is 0 Å². The van der Waals surface area contributed by atoms with E-state index in [9.17, 15) is 9.59 Å². The first-order chi connectivity index (χ1) is 8.94. The molecule has 0 aromatic carbocycles. The average Bonchev–Trinajstić information content (AvgIpc) is 3.13. The van der Waals surface area contributed by atoms with E-state index < -0.39 is 12.0 Å². The molecular weight excluding hydrogens is 244 g/mol. The number of urea groups is 1. The summed E-state index contributed by atoms with van der Waals surface area (Å²) in [5.41, 5.74) is 0.279. The van der Waals surface area contributed by atoms with Crippen molar-refractivity contribution >= 4 is 12.0 Å². The zero-order chi connectivity index (χ0) is 14.5. The summed E-state index contributed by atoms with van der Waals surface area (Å²) in [6.07, 6.45) is 5.29. The molecule has 1 rings (SSSR count). The molecule has 3 N–H and O–H groups in total. The number of carbonyl (C=O) groups excluding carboxylic acids is 1. The Morgan fingerprint density at radius 1 is 1.32 bits per heavy atom. The summed E-state index contributed by atoms with van der Waals surface area (Å²) in [5, 5.41) is 14.5. The van der Waals surface area contributed by atoms with Crippen LogP contribution in [0.15, 0.2) is 0 Å². The molecule has 2 amide bonds. The maximum atomic E-state index is 11.8. The second-order valence-corrected chi connectivity index (χ2v) is 5.78. The smallest absolute Gasteiger partial charge is 0.326 e. The van der Waals surface area contributed by atoms with E-state index >= 15 is 0 Å². The first-order valence-electron chi connectivity index (χ1n) is 7.21. The maximum Gasteiger partial charge on any atom is 0.326 e. The van der Waals surface area contributed by atoms with Crippen LogP contribution >= 0.6 is 0 Å². The highest BCUT2D eigenvalue weighted by molar-refractivity contribution is 5.82. The van der Waals surface area contributed by atoms with Crippen molar-refractivity contribution in [2.75, 3.05) is 6.54 Å². The van der Waals surface area contributed by atoms with Crippen LogP contribution in [0.25, 0.3) is 0 Å². The second-order valence-electron chi connectivity index (χ2n) is 5.78. The van der Waals surface area contributed by atoms with Crippen molar-refractivity contribution in [2.45, 2.75) is 58.9 Å². The molecule has 2 atom stereocenters. The number of rotatable bonds is 8. The Kier molecular flexibility index (Phi) is 5.63. The van der Waals surface area contributed by atoms with Gasteiger partial charge in [-0.3, -0.25) is 0 Å². The number of carbonyl (C=O) groups is 2. The molecule has 1 saturated carbocycles. The average molecular weight is 270 g/mol. The van der Waals surface area contributed by atoms with Gasteiger partial charge in [0.2, 0.25) is 0 Å². The fourth-order valence-electron chi connectivity index (χ4n) is 2.37. The first kappa shape index (κ1) is 15.8. The number of nitrogens with one attached hydrogen (secondary N) is 2. The summed E-state index contributed by atoms with van der Waals surface area (Å²) in [6, 6.07) is -1.18. The van der Waals surface area contributed by atoms with Crippen LogP contribution in [0.1, 0.15) is 52.9 Å². The Labute approximate surface area is 115 Å². The van der Waals surface area contributed by atoms with Crippen molar-refractivity contribution in [2.24, 2.45) is 11.3 Å². The number of carboxylic acid groups (broad SMARTS) is 1. The zero-order valence-electron chi connectivity index (χ0n) is 12.2. The monoisotopic (exact) mass is 270 g/mol. The molecule has 0 aromatic rings. The van der Waals surface area contributed by atoms with Gasteiger partial charge in [0.15, 0.2) is 0 Å². The lowest BCUT2D eigenvalue weighted by molar-refractivity contribution is -0.140. The Hall–Kier alpha value is -1.26. The van der Waals surface area contributed by atoms with Crippen molar-refractivity contribution < 1.29 is 14.7 Å². The van der Waals surface area contributed by atoms with E-state index in [1.54, 1.807) is 0 Å². The summed E-state index contributed by atoms with van der Waals surface area (Å²) < 4.78 is 0. The molecule has 0 spiro atoms. The third-order valence-electron chi connectivity index (χ3n) is 4.13. The molecule has 110 valence electrons. The van der Waals surface area contributed by atoms with Crippen molar-refractivity contribution in [1.29, 1.82) is 0 Å². The van der Waals surface area contributed by atoms with Crippen LogP contribution in [0, 0.1) is 11.3 Å². The molecule has 2 unspecified atom stereocenters. The Bertz CT molecular complexity index is 327. The van der Waals surface area contributed by atoms with E-state index in [-0.39, 0.29) is 17.4 Å². The minimum Gasteiger partial charge on any atom is -0.480 e. The Balaban J connectivity index is 2.39. The summed E-state index contributed by atoms with van der Waals surface area (Å²) in [5.74, 6) is -1.05. The number of hydrogen-bond acceptors (Lipinski definition) is 2. The van der Waals surface area contributed by atoms with Gasteiger partial charge in [0.1, 0.15) is 6.04 Å². The molecular formula is C14H26N2O3. The standard InChI is InChI=1S/C14H26N2O3/c1-4-6-14(7-8-14)9-15-13(19)16-11(12(17)18)10(3)5-2/h10-11H,4-9H2,1-3H3,(H,17,18)(H2,15,16,19). The van der Waals surface area contributed by atoms with Crippen LogP contribution in [0.3, 0.4) is 0 Å². The second kappa shape index (κ2) is 6.78. The van der Waals surface area contributed by atoms with Gasteiger partial charge < -0.3 is 15.7 Å². The van der Waals surface area contributed by atoms with Crippen LogP contribution in [0.2, 0.25) is 0 Å². The van der Waals surface area contributed by atoms with E-state index in [2.05, 4.69) is 17.6 Å². The summed E-state index contributed by atoms with van der Waals surface area (Å²) in [6.45, 7) is 6.54. The molecule has 5 heteroatoms. The van der Waals surface area contributed by atoms with Crippen LogP contribution in [-0.4, -0.2) is 29.7 Å². The van der Waals surface area contributed by atoms with Gasteiger partial charge in [-0.1, -0.05) is 33.6 Å². The lowest BCUT2D eigenvalue weighted by Gasteiger charge is -2.21. The first-order valence-corrected chi connectivity index (χ1v) is 7.21. The lowest BCUT2D eigenvalue weighted by Crippen LogP contribution is -2.50. The zero-order valence-corrected chi connectivity index (χ0v) is 12.2. The van der Waals surface area contributed by atoms with E-state index in [1.165, 1.54) is 0 Å². The fraction of sp³-hybridized carbons (Fsp3) is 0.857. The lowest BCUT2D eigenvalue weighted by atomic mass is 9.99. The van der Waals surface area contributed by atoms with Gasteiger partial charge in [-0.15, -0.1) is 0 Å². The minimum atomic E-state index is -0.973. The highest BCUT2D eigenvalue weighted by atomic mass is 16.4. The fourth-order valence-corrected chi connectivity index (χ4v) is 2.37. The molecule has 0 radical (unpaired) electrons. The van der Waals surface area contributed by atoms with Gasteiger partial charge in [-0.2, -0.15) is 0 Å². The molecule has 1 aliphatic carbocycles. The van der Waals surface area contributed by atoms with Crippen LogP contribution in [-0.2, 0) is 4.79 Å². The van der Waals surface area contributed by atoms with E-state index in [4.69, 9.17) is 5.11 Å². The highest BCUT2D eigenvalue weighted by Crippen LogP contribution is 2.48. The quantitative estimate of drug-likeness (QED) is 0.633. The van der Waals surface area contributed by atoms with Gasteiger partial charge >= 0.3 is 12.0 Å². The molecule has 0 saturated heterocycles. The molecule has 5 nitrogen and oxygen atoms in total. The Morgan fingerprint density at radius 2 is 1.95 bits per heavy atom. The molecule has 0 bridgehead atoms. The number of amides is 2. The van der Waals surface area contributed by atoms with E-state index in [0.29, 0.717) is 6.54 Å². The molecule has 0 aliphatic heterocycles. The van der Waals surface area contributed by atoms with Crippen molar-refractivity contribution in [3.8, 4) is 0 Å². The molecule has 19 heavy (non-hydrogen) atoms. The molecule has 1 fully saturated rings. The third-order valence-corrected chi connectivity index (χ3v) is 4.13. The predicted molar refractivity (Wildman–Crippen MR) is 74.0 cm³/mol. The van der Waals surface area contributed by atoms with Crippen molar-refractivity contribution in [3.05, 3.63) is 0 Å². The Morgan fingerprint density at radius 3 is 2.37 bits per heavy atom. The normalized spacial score (nSPS) is 19.3. The summed E-state index contributed by atoms with van der Waals surface area (Å²) >= 11 is 0. The summed E-state index contributed by atoms with van der Waals surface area (Å²) in [7, 11) is 0. The van der Waals surface area contributed by atoms with Crippen molar-refractivity contribution in [3.63, 3.8) is 0 Å². The van der Waals surface area contributed by atoms with Gasteiger partial charge in [0, 0.05) is 6.54 Å². The highest BCUT2D eigenvalue weighted by Gasteiger charge is 2.41. The molecule has 1 aliphatic rings. The SMILES string of the molecule is CCCC1(CNC(=O)NC(C(=O)O)C(C)CC)CC1.